The molecule has 1 aliphatic rings. The molecule has 0 spiro atoms. The standard InChI is InChI=1S/C12H16Cl2N2/c1-9-7-16(5-4-15-9)8-10-2-3-11(13)6-12(10)14/h2-3,6,9,15H,4-5,7-8H2,1H3. The van der Waals surface area contributed by atoms with Crippen molar-refractivity contribution in [2.24, 2.45) is 0 Å². The summed E-state index contributed by atoms with van der Waals surface area (Å²) < 4.78 is 0. The molecule has 4 heteroatoms. The normalized spacial score (nSPS) is 22.3. The Bertz CT molecular complexity index is 368. The molecule has 1 N–H and O–H groups in total. The van der Waals surface area contributed by atoms with E-state index in [1.807, 2.05) is 18.2 Å². The molecule has 1 saturated heterocycles. The van der Waals surface area contributed by atoms with Crippen LogP contribution in [-0.4, -0.2) is 30.6 Å². The van der Waals surface area contributed by atoms with Crippen LogP contribution in [0.25, 0.3) is 0 Å². The molecule has 1 heterocycles. The highest BCUT2D eigenvalue weighted by Crippen LogP contribution is 2.22. The van der Waals surface area contributed by atoms with Crippen LogP contribution in [0.3, 0.4) is 0 Å². The largest absolute Gasteiger partial charge is 0.312 e. The molecule has 1 atom stereocenters. The van der Waals surface area contributed by atoms with Crippen LogP contribution in [0.15, 0.2) is 18.2 Å². The number of halogens is 2. The molecule has 1 fully saturated rings. The average molecular weight is 259 g/mol. The lowest BCUT2D eigenvalue weighted by Crippen LogP contribution is -2.48. The van der Waals surface area contributed by atoms with Crippen molar-refractivity contribution in [3.8, 4) is 0 Å². The van der Waals surface area contributed by atoms with Crippen molar-refractivity contribution >= 4 is 23.2 Å². The van der Waals surface area contributed by atoms with Crippen LogP contribution < -0.4 is 5.32 Å². The van der Waals surface area contributed by atoms with Crippen molar-refractivity contribution in [1.29, 1.82) is 0 Å². The number of piperazine rings is 1. The minimum atomic E-state index is 0.555. The van der Waals surface area contributed by atoms with Gasteiger partial charge in [-0.3, -0.25) is 4.90 Å². The minimum absolute atomic E-state index is 0.555. The van der Waals surface area contributed by atoms with Crippen molar-refractivity contribution in [1.82, 2.24) is 10.2 Å². The molecule has 1 aromatic carbocycles. The summed E-state index contributed by atoms with van der Waals surface area (Å²) in [5, 5.41) is 4.89. The van der Waals surface area contributed by atoms with Gasteiger partial charge < -0.3 is 5.32 Å². The van der Waals surface area contributed by atoms with Crippen LogP contribution in [-0.2, 0) is 6.54 Å². The summed E-state index contributed by atoms with van der Waals surface area (Å²) >= 11 is 12.0. The molecule has 0 saturated carbocycles. The number of hydrogen-bond donors (Lipinski definition) is 1. The van der Waals surface area contributed by atoms with Crippen molar-refractivity contribution in [2.75, 3.05) is 19.6 Å². The Hall–Kier alpha value is -0.280. The van der Waals surface area contributed by atoms with Gasteiger partial charge in [0.2, 0.25) is 0 Å². The second-order valence-corrected chi connectivity index (χ2v) is 5.17. The Morgan fingerprint density at radius 3 is 2.94 bits per heavy atom. The van der Waals surface area contributed by atoms with Gasteiger partial charge in [0.15, 0.2) is 0 Å². The molecular weight excluding hydrogens is 243 g/mol. The van der Waals surface area contributed by atoms with E-state index in [1.54, 1.807) is 0 Å². The zero-order valence-electron chi connectivity index (χ0n) is 9.34. The minimum Gasteiger partial charge on any atom is -0.312 e. The highest BCUT2D eigenvalue weighted by atomic mass is 35.5. The topological polar surface area (TPSA) is 15.3 Å². The van der Waals surface area contributed by atoms with Gasteiger partial charge in [-0.1, -0.05) is 29.3 Å². The van der Waals surface area contributed by atoms with Gasteiger partial charge in [0, 0.05) is 42.3 Å². The first-order valence-corrected chi connectivity index (χ1v) is 6.30. The summed E-state index contributed by atoms with van der Waals surface area (Å²) in [6, 6.07) is 6.27. The van der Waals surface area contributed by atoms with Crippen molar-refractivity contribution in [3.05, 3.63) is 33.8 Å². The first-order chi connectivity index (χ1) is 7.65. The lowest BCUT2D eigenvalue weighted by Gasteiger charge is -2.32. The Morgan fingerprint density at radius 2 is 2.25 bits per heavy atom. The van der Waals surface area contributed by atoms with Gasteiger partial charge in [-0.2, -0.15) is 0 Å². The smallest absolute Gasteiger partial charge is 0.0465 e. The average Bonchev–Trinajstić information content (AvgIpc) is 2.22. The summed E-state index contributed by atoms with van der Waals surface area (Å²) in [4.78, 5) is 2.41. The first kappa shape index (κ1) is 12.2. The predicted molar refractivity (Wildman–Crippen MR) is 69.2 cm³/mol. The van der Waals surface area contributed by atoms with Crippen molar-refractivity contribution < 1.29 is 0 Å². The van der Waals surface area contributed by atoms with Gasteiger partial charge in [-0.25, -0.2) is 0 Å². The number of nitrogens with one attached hydrogen (secondary N) is 1. The monoisotopic (exact) mass is 258 g/mol. The molecular formula is C12H16Cl2N2. The Balaban J connectivity index is 2.02. The zero-order valence-corrected chi connectivity index (χ0v) is 10.9. The van der Waals surface area contributed by atoms with Gasteiger partial charge in [0.25, 0.3) is 0 Å². The van der Waals surface area contributed by atoms with Gasteiger partial charge in [-0.15, -0.1) is 0 Å². The van der Waals surface area contributed by atoms with Gasteiger partial charge in [0.1, 0.15) is 0 Å². The molecule has 0 amide bonds. The summed E-state index contributed by atoms with van der Waals surface area (Å²) in [6.07, 6.45) is 0. The Kier molecular flexibility index (Phi) is 4.09. The summed E-state index contributed by atoms with van der Waals surface area (Å²) in [6.45, 7) is 6.30. The highest BCUT2D eigenvalue weighted by Gasteiger charge is 2.16. The van der Waals surface area contributed by atoms with E-state index in [9.17, 15) is 0 Å². The van der Waals surface area contributed by atoms with E-state index in [1.165, 1.54) is 0 Å². The summed E-state index contributed by atoms with van der Waals surface area (Å²) in [7, 11) is 0. The fraction of sp³-hybridized carbons (Fsp3) is 0.500. The number of rotatable bonds is 2. The third kappa shape index (κ3) is 3.11. The molecule has 2 nitrogen and oxygen atoms in total. The number of benzene rings is 1. The third-order valence-electron chi connectivity index (χ3n) is 2.86. The van der Waals surface area contributed by atoms with E-state index >= 15 is 0 Å². The maximum atomic E-state index is 6.16. The molecule has 0 aromatic heterocycles. The quantitative estimate of drug-likeness (QED) is 0.878. The Morgan fingerprint density at radius 1 is 1.44 bits per heavy atom. The van der Waals surface area contributed by atoms with E-state index in [2.05, 4.69) is 17.1 Å². The maximum absolute atomic E-state index is 6.16. The fourth-order valence-corrected chi connectivity index (χ4v) is 2.51. The molecule has 2 rings (SSSR count). The lowest BCUT2D eigenvalue weighted by molar-refractivity contribution is 0.199. The van der Waals surface area contributed by atoms with Crippen LogP contribution in [0.4, 0.5) is 0 Å². The fourth-order valence-electron chi connectivity index (χ4n) is 2.05. The van der Waals surface area contributed by atoms with E-state index in [4.69, 9.17) is 23.2 Å². The summed E-state index contributed by atoms with van der Waals surface area (Å²) in [5.74, 6) is 0. The first-order valence-electron chi connectivity index (χ1n) is 5.55. The van der Waals surface area contributed by atoms with Gasteiger partial charge in [-0.05, 0) is 24.6 Å². The zero-order chi connectivity index (χ0) is 11.5. The number of nitrogens with zero attached hydrogens (tertiary/aromatic N) is 1. The maximum Gasteiger partial charge on any atom is 0.0465 e. The second kappa shape index (κ2) is 5.37. The van der Waals surface area contributed by atoms with Crippen LogP contribution in [0.5, 0.6) is 0 Å². The molecule has 16 heavy (non-hydrogen) atoms. The lowest BCUT2D eigenvalue weighted by atomic mass is 10.1. The molecule has 0 bridgehead atoms. The van der Waals surface area contributed by atoms with Crippen LogP contribution in [0, 0.1) is 0 Å². The molecule has 1 unspecified atom stereocenters. The van der Waals surface area contributed by atoms with E-state index in [0.29, 0.717) is 11.1 Å². The molecule has 1 aliphatic heterocycles. The van der Waals surface area contributed by atoms with Crippen LogP contribution in [0.1, 0.15) is 12.5 Å². The molecule has 88 valence electrons. The van der Waals surface area contributed by atoms with Gasteiger partial charge >= 0.3 is 0 Å². The predicted octanol–water partition coefficient (Wildman–Crippen LogP) is 2.79. The van der Waals surface area contributed by atoms with Crippen molar-refractivity contribution in [3.63, 3.8) is 0 Å². The van der Waals surface area contributed by atoms with Gasteiger partial charge in [0.05, 0.1) is 0 Å². The third-order valence-corrected chi connectivity index (χ3v) is 3.45. The molecule has 1 aromatic rings. The van der Waals surface area contributed by atoms with Crippen LogP contribution in [0.2, 0.25) is 10.0 Å². The number of hydrogen-bond acceptors (Lipinski definition) is 2. The summed E-state index contributed by atoms with van der Waals surface area (Å²) in [5.41, 5.74) is 1.15. The molecule has 0 aliphatic carbocycles. The van der Waals surface area contributed by atoms with Crippen molar-refractivity contribution in [2.45, 2.75) is 19.5 Å². The SMILES string of the molecule is CC1CN(Cc2ccc(Cl)cc2Cl)CCN1. The van der Waals surface area contributed by atoms with E-state index < -0.39 is 0 Å². The molecule has 0 radical (unpaired) electrons. The second-order valence-electron chi connectivity index (χ2n) is 4.33. The van der Waals surface area contributed by atoms with Crippen LogP contribution >= 0.6 is 23.2 Å². The van der Waals surface area contributed by atoms with E-state index in [-0.39, 0.29) is 0 Å². The highest BCUT2D eigenvalue weighted by molar-refractivity contribution is 6.35. The van der Waals surface area contributed by atoms with E-state index in [0.717, 1.165) is 36.8 Å². The Labute approximate surface area is 107 Å².